The second-order valence-corrected chi connectivity index (χ2v) is 3.11. The third-order valence-corrected chi connectivity index (χ3v) is 2.24. The minimum atomic E-state index is -1.17. The summed E-state index contributed by atoms with van der Waals surface area (Å²) in [7, 11) is 1.62. The number of carbonyl (C=O) groups is 2. The number of carbonyl (C=O) groups excluding carboxylic acids is 1. The van der Waals surface area contributed by atoms with Crippen LogP contribution in [-0.2, 0) is 9.59 Å². The van der Waals surface area contributed by atoms with Crippen molar-refractivity contribution >= 4 is 11.9 Å². The van der Waals surface area contributed by atoms with Gasteiger partial charge in [-0.2, -0.15) is 0 Å². The molecule has 0 aromatic carbocycles. The van der Waals surface area contributed by atoms with Gasteiger partial charge in [0.2, 0.25) is 5.91 Å². The van der Waals surface area contributed by atoms with Crippen molar-refractivity contribution in [2.75, 3.05) is 13.6 Å². The maximum Gasteiger partial charge on any atom is 0.318 e. The molecule has 1 N–H and O–H groups in total. The van der Waals surface area contributed by atoms with Crippen molar-refractivity contribution < 1.29 is 14.7 Å². The van der Waals surface area contributed by atoms with Crippen LogP contribution in [0.3, 0.4) is 0 Å². The summed E-state index contributed by atoms with van der Waals surface area (Å²) in [5.41, 5.74) is -1.17. The van der Waals surface area contributed by atoms with E-state index in [9.17, 15) is 9.59 Å². The highest BCUT2D eigenvalue weighted by atomic mass is 16.4. The number of amides is 1. The van der Waals surface area contributed by atoms with Gasteiger partial charge in [0.05, 0.1) is 0 Å². The van der Waals surface area contributed by atoms with Crippen molar-refractivity contribution in [2.24, 2.45) is 5.41 Å². The zero-order valence-corrected chi connectivity index (χ0v) is 6.63. The monoisotopic (exact) mass is 157 g/mol. The fourth-order valence-electron chi connectivity index (χ4n) is 1.22. The summed E-state index contributed by atoms with van der Waals surface area (Å²) in [5.74, 6) is -1.31. The first-order valence-electron chi connectivity index (χ1n) is 3.47. The number of likely N-dealkylation sites (tertiary alicyclic amines) is 1. The van der Waals surface area contributed by atoms with E-state index in [0.717, 1.165) is 0 Å². The van der Waals surface area contributed by atoms with Gasteiger partial charge in [0, 0.05) is 13.6 Å². The number of carboxylic acids is 1. The van der Waals surface area contributed by atoms with E-state index in [4.69, 9.17) is 5.11 Å². The number of hydrogen-bond donors (Lipinski definition) is 1. The van der Waals surface area contributed by atoms with Crippen LogP contribution < -0.4 is 0 Å². The lowest BCUT2D eigenvalue weighted by Gasteiger charge is -2.15. The second kappa shape index (κ2) is 2.22. The Morgan fingerprint density at radius 2 is 2.27 bits per heavy atom. The van der Waals surface area contributed by atoms with Crippen molar-refractivity contribution in [3.8, 4) is 0 Å². The van der Waals surface area contributed by atoms with Gasteiger partial charge in [-0.3, -0.25) is 9.59 Å². The molecule has 1 aliphatic heterocycles. The molecule has 0 radical (unpaired) electrons. The Kier molecular flexibility index (Phi) is 1.62. The first kappa shape index (κ1) is 8.04. The SMILES string of the molecule is CN1CC[C@@](C)(C(=O)O)C1=O. The first-order chi connectivity index (χ1) is 4.98. The van der Waals surface area contributed by atoms with E-state index in [1.54, 1.807) is 7.05 Å². The smallest absolute Gasteiger partial charge is 0.318 e. The van der Waals surface area contributed by atoms with Crippen molar-refractivity contribution in [2.45, 2.75) is 13.3 Å². The van der Waals surface area contributed by atoms with E-state index >= 15 is 0 Å². The molecule has 62 valence electrons. The maximum absolute atomic E-state index is 11.2. The summed E-state index contributed by atoms with van der Waals surface area (Å²) in [6.45, 7) is 2.02. The summed E-state index contributed by atoms with van der Waals surface area (Å²) >= 11 is 0. The molecule has 0 bridgehead atoms. The molecule has 0 aromatic heterocycles. The van der Waals surface area contributed by atoms with E-state index in [-0.39, 0.29) is 5.91 Å². The van der Waals surface area contributed by atoms with Crippen LogP contribution in [0.5, 0.6) is 0 Å². The molecular weight excluding hydrogens is 146 g/mol. The zero-order valence-electron chi connectivity index (χ0n) is 6.63. The van der Waals surface area contributed by atoms with E-state index in [1.165, 1.54) is 11.8 Å². The number of nitrogens with zero attached hydrogens (tertiary/aromatic N) is 1. The summed E-state index contributed by atoms with van der Waals surface area (Å²) in [6.07, 6.45) is 0.414. The van der Waals surface area contributed by atoms with Crippen LogP contribution in [0.1, 0.15) is 13.3 Å². The topological polar surface area (TPSA) is 57.6 Å². The molecule has 1 rings (SSSR count). The Balaban J connectivity index is 2.90. The zero-order chi connectivity index (χ0) is 8.65. The molecule has 0 spiro atoms. The Morgan fingerprint density at radius 3 is 2.45 bits per heavy atom. The fourth-order valence-corrected chi connectivity index (χ4v) is 1.22. The van der Waals surface area contributed by atoms with E-state index in [1.807, 2.05) is 0 Å². The average Bonchev–Trinajstić information content (AvgIpc) is 2.18. The van der Waals surface area contributed by atoms with Gasteiger partial charge in [-0.15, -0.1) is 0 Å². The lowest BCUT2D eigenvalue weighted by Crippen LogP contribution is -2.36. The normalized spacial score (nSPS) is 31.1. The lowest BCUT2D eigenvalue weighted by molar-refractivity contribution is -0.154. The highest BCUT2D eigenvalue weighted by molar-refractivity contribution is 6.02. The van der Waals surface area contributed by atoms with E-state index < -0.39 is 11.4 Å². The molecule has 0 aliphatic carbocycles. The highest BCUT2D eigenvalue weighted by Crippen LogP contribution is 2.30. The van der Waals surface area contributed by atoms with Crippen molar-refractivity contribution in [1.29, 1.82) is 0 Å². The minimum absolute atomic E-state index is 0.287. The van der Waals surface area contributed by atoms with Gasteiger partial charge in [0.15, 0.2) is 0 Å². The second-order valence-electron chi connectivity index (χ2n) is 3.11. The van der Waals surface area contributed by atoms with Gasteiger partial charge in [0.1, 0.15) is 5.41 Å². The molecule has 1 amide bonds. The predicted molar refractivity (Wildman–Crippen MR) is 38.0 cm³/mol. The molecule has 11 heavy (non-hydrogen) atoms. The summed E-state index contributed by atoms with van der Waals surface area (Å²) in [6, 6.07) is 0. The molecule has 1 fully saturated rings. The quantitative estimate of drug-likeness (QED) is 0.542. The third-order valence-electron chi connectivity index (χ3n) is 2.24. The summed E-state index contributed by atoms with van der Waals surface area (Å²) < 4.78 is 0. The van der Waals surface area contributed by atoms with E-state index in [2.05, 4.69) is 0 Å². The number of hydrogen-bond acceptors (Lipinski definition) is 2. The minimum Gasteiger partial charge on any atom is -0.480 e. The summed E-state index contributed by atoms with van der Waals surface area (Å²) in [4.78, 5) is 23.3. The Bertz CT molecular complexity index is 214. The molecule has 4 nitrogen and oxygen atoms in total. The van der Waals surface area contributed by atoms with Gasteiger partial charge >= 0.3 is 5.97 Å². The largest absolute Gasteiger partial charge is 0.480 e. The van der Waals surface area contributed by atoms with E-state index in [0.29, 0.717) is 13.0 Å². The van der Waals surface area contributed by atoms with Gasteiger partial charge in [-0.05, 0) is 13.3 Å². The van der Waals surface area contributed by atoms with Crippen LogP contribution in [0.2, 0.25) is 0 Å². The molecule has 1 atom stereocenters. The van der Waals surface area contributed by atoms with Gasteiger partial charge < -0.3 is 10.0 Å². The molecule has 1 heterocycles. The Morgan fingerprint density at radius 1 is 1.73 bits per heavy atom. The number of carboxylic acid groups (broad SMARTS) is 1. The highest BCUT2D eigenvalue weighted by Gasteiger charge is 2.47. The predicted octanol–water partition coefficient (Wildman–Crippen LogP) is -0.0606. The van der Waals surface area contributed by atoms with Gasteiger partial charge in [-0.25, -0.2) is 0 Å². The lowest BCUT2D eigenvalue weighted by atomic mass is 9.89. The van der Waals surface area contributed by atoms with Crippen molar-refractivity contribution in [3.63, 3.8) is 0 Å². The van der Waals surface area contributed by atoms with Gasteiger partial charge in [0.25, 0.3) is 0 Å². The van der Waals surface area contributed by atoms with Crippen LogP contribution in [0.4, 0.5) is 0 Å². The Labute approximate surface area is 64.8 Å². The standard InChI is InChI=1S/C7H11NO3/c1-7(6(10)11)3-4-8(2)5(7)9/h3-4H2,1-2H3,(H,10,11)/t7-/m1/s1. The molecule has 0 saturated carbocycles. The number of aliphatic carboxylic acids is 1. The van der Waals surface area contributed by atoms with Crippen LogP contribution in [0, 0.1) is 5.41 Å². The molecule has 0 aromatic rings. The van der Waals surface area contributed by atoms with Crippen LogP contribution >= 0.6 is 0 Å². The summed E-state index contributed by atoms with van der Waals surface area (Å²) in [5, 5.41) is 8.71. The number of rotatable bonds is 1. The molecule has 0 unspecified atom stereocenters. The fraction of sp³-hybridized carbons (Fsp3) is 0.714. The molecular formula is C7H11NO3. The van der Waals surface area contributed by atoms with Crippen molar-refractivity contribution in [3.05, 3.63) is 0 Å². The molecule has 1 saturated heterocycles. The van der Waals surface area contributed by atoms with Crippen LogP contribution in [-0.4, -0.2) is 35.5 Å². The average molecular weight is 157 g/mol. The molecule has 4 heteroatoms. The van der Waals surface area contributed by atoms with Crippen molar-refractivity contribution in [1.82, 2.24) is 4.90 Å². The maximum atomic E-state index is 11.2. The first-order valence-corrected chi connectivity index (χ1v) is 3.47. The van der Waals surface area contributed by atoms with Gasteiger partial charge in [-0.1, -0.05) is 0 Å². The van der Waals surface area contributed by atoms with Crippen LogP contribution in [0.15, 0.2) is 0 Å². The Hall–Kier alpha value is -1.06. The third kappa shape index (κ3) is 0.982. The molecule has 1 aliphatic rings. The van der Waals surface area contributed by atoms with Crippen LogP contribution in [0.25, 0.3) is 0 Å².